The lowest BCUT2D eigenvalue weighted by atomic mass is 9.96. The Kier molecular flexibility index (Phi) is 3.19. The van der Waals surface area contributed by atoms with Crippen LogP contribution in [0.25, 0.3) is 0 Å². The van der Waals surface area contributed by atoms with Crippen LogP contribution < -0.4 is 5.32 Å². The van der Waals surface area contributed by atoms with Crippen molar-refractivity contribution in [1.29, 1.82) is 0 Å². The number of aromatic nitrogens is 2. The normalized spacial score (nSPS) is 18.1. The molecule has 0 aliphatic heterocycles. The smallest absolute Gasteiger partial charge is 0.147 e. The van der Waals surface area contributed by atoms with Crippen molar-refractivity contribution in [2.75, 3.05) is 5.32 Å². The molecule has 1 aromatic rings. The van der Waals surface area contributed by atoms with E-state index in [2.05, 4.69) is 15.3 Å². The maximum absolute atomic E-state index is 5.65. The maximum Gasteiger partial charge on any atom is 0.147 e. The average molecular weight is 212 g/mol. The fourth-order valence-electron chi connectivity index (χ4n) is 1.84. The molecule has 1 aromatic heterocycles. The Morgan fingerprint density at radius 3 is 2.57 bits per heavy atom. The van der Waals surface area contributed by atoms with Crippen LogP contribution in [0.3, 0.4) is 0 Å². The highest BCUT2D eigenvalue weighted by molar-refractivity contribution is 6.29. The summed E-state index contributed by atoms with van der Waals surface area (Å²) < 4.78 is 0. The first kappa shape index (κ1) is 9.71. The number of hydrogen-bond acceptors (Lipinski definition) is 3. The molecular formula is C10H14ClN3. The van der Waals surface area contributed by atoms with Gasteiger partial charge in [0, 0.05) is 6.04 Å². The van der Waals surface area contributed by atoms with Crippen LogP contribution >= 0.6 is 11.6 Å². The van der Waals surface area contributed by atoms with Crippen molar-refractivity contribution in [3.63, 3.8) is 0 Å². The molecule has 0 aromatic carbocycles. The lowest BCUT2D eigenvalue weighted by molar-refractivity contribution is 0.462. The fraction of sp³-hybridized carbons (Fsp3) is 0.600. The lowest BCUT2D eigenvalue weighted by Gasteiger charge is -2.22. The van der Waals surface area contributed by atoms with E-state index in [-0.39, 0.29) is 0 Å². The highest BCUT2D eigenvalue weighted by Gasteiger charge is 2.13. The third-order valence-electron chi connectivity index (χ3n) is 2.58. The predicted molar refractivity (Wildman–Crippen MR) is 57.5 cm³/mol. The van der Waals surface area contributed by atoms with Crippen LogP contribution in [0, 0.1) is 0 Å². The molecular weight excluding hydrogens is 198 g/mol. The minimum absolute atomic E-state index is 0.444. The third kappa shape index (κ3) is 2.58. The molecule has 1 saturated carbocycles. The van der Waals surface area contributed by atoms with Crippen LogP contribution in [-0.4, -0.2) is 16.0 Å². The van der Waals surface area contributed by atoms with Crippen LogP contribution in [-0.2, 0) is 0 Å². The highest BCUT2D eigenvalue weighted by Crippen LogP contribution is 2.20. The molecule has 1 N–H and O–H groups in total. The van der Waals surface area contributed by atoms with E-state index < -0.39 is 0 Å². The molecule has 0 bridgehead atoms. The summed E-state index contributed by atoms with van der Waals surface area (Å²) in [5.74, 6) is 0.835. The van der Waals surface area contributed by atoms with Gasteiger partial charge < -0.3 is 5.32 Å². The Bertz CT molecular complexity index is 280. The number of hydrogen-bond donors (Lipinski definition) is 1. The Morgan fingerprint density at radius 1 is 1.14 bits per heavy atom. The van der Waals surface area contributed by atoms with Crippen LogP contribution in [0.4, 0.5) is 5.82 Å². The van der Waals surface area contributed by atoms with Gasteiger partial charge in [-0.05, 0) is 12.8 Å². The molecule has 1 aliphatic rings. The minimum Gasteiger partial charge on any atom is -0.366 e. The molecule has 0 radical (unpaired) electrons. The van der Waals surface area contributed by atoms with E-state index in [1.807, 2.05) is 0 Å². The summed E-state index contributed by atoms with van der Waals surface area (Å²) in [5.41, 5.74) is 0. The van der Waals surface area contributed by atoms with Crippen molar-refractivity contribution < 1.29 is 0 Å². The summed E-state index contributed by atoms with van der Waals surface area (Å²) >= 11 is 5.65. The second-order valence-corrected chi connectivity index (χ2v) is 4.09. The first-order chi connectivity index (χ1) is 6.84. The van der Waals surface area contributed by atoms with Gasteiger partial charge in [0.2, 0.25) is 0 Å². The summed E-state index contributed by atoms with van der Waals surface area (Å²) in [6.45, 7) is 0. The standard InChI is InChI=1S/C10H14ClN3/c11-9-6-13-10(7-12-9)14-8-4-2-1-3-5-8/h6-8H,1-5H2,(H,13,14). The van der Waals surface area contributed by atoms with Gasteiger partial charge in [0.15, 0.2) is 0 Å². The largest absolute Gasteiger partial charge is 0.366 e. The van der Waals surface area contributed by atoms with Gasteiger partial charge in [-0.25, -0.2) is 9.97 Å². The zero-order chi connectivity index (χ0) is 9.80. The number of nitrogens with one attached hydrogen (secondary N) is 1. The second-order valence-electron chi connectivity index (χ2n) is 3.70. The first-order valence-electron chi connectivity index (χ1n) is 5.09. The van der Waals surface area contributed by atoms with Crippen molar-refractivity contribution >= 4 is 17.4 Å². The zero-order valence-corrected chi connectivity index (χ0v) is 8.80. The number of halogens is 1. The molecule has 1 heterocycles. The molecule has 0 amide bonds. The van der Waals surface area contributed by atoms with Crippen LogP contribution in [0.5, 0.6) is 0 Å². The molecule has 1 aliphatic carbocycles. The number of nitrogens with zero attached hydrogens (tertiary/aromatic N) is 2. The Labute approximate surface area is 88.9 Å². The average Bonchev–Trinajstić information content (AvgIpc) is 2.23. The predicted octanol–water partition coefficient (Wildman–Crippen LogP) is 2.87. The summed E-state index contributed by atoms with van der Waals surface area (Å²) in [6.07, 6.45) is 9.75. The van der Waals surface area contributed by atoms with E-state index in [0.717, 1.165) is 5.82 Å². The molecule has 1 fully saturated rings. The zero-order valence-electron chi connectivity index (χ0n) is 8.04. The Morgan fingerprint density at radius 2 is 1.93 bits per heavy atom. The lowest BCUT2D eigenvalue weighted by Crippen LogP contribution is -2.22. The van der Waals surface area contributed by atoms with Crippen LogP contribution in [0.2, 0.25) is 5.15 Å². The summed E-state index contributed by atoms with van der Waals surface area (Å²) in [5, 5.41) is 3.82. The number of rotatable bonds is 2. The molecule has 0 unspecified atom stereocenters. The van der Waals surface area contributed by atoms with E-state index in [4.69, 9.17) is 11.6 Å². The third-order valence-corrected chi connectivity index (χ3v) is 2.77. The van der Waals surface area contributed by atoms with Crippen molar-refractivity contribution in [3.05, 3.63) is 17.5 Å². The fourth-order valence-corrected chi connectivity index (χ4v) is 1.94. The van der Waals surface area contributed by atoms with E-state index in [9.17, 15) is 0 Å². The van der Waals surface area contributed by atoms with Gasteiger partial charge in [-0.15, -0.1) is 0 Å². The van der Waals surface area contributed by atoms with Gasteiger partial charge in [-0.1, -0.05) is 30.9 Å². The Balaban J connectivity index is 1.92. The van der Waals surface area contributed by atoms with Gasteiger partial charge in [0.05, 0.1) is 12.4 Å². The van der Waals surface area contributed by atoms with Gasteiger partial charge >= 0.3 is 0 Å². The van der Waals surface area contributed by atoms with Crippen LogP contribution in [0.1, 0.15) is 32.1 Å². The quantitative estimate of drug-likeness (QED) is 0.818. The molecule has 0 atom stereocenters. The van der Waals surface area contributed by atoms with Crippen molar-refractivity contribution in [3.8, 4) is 0 Å². The van der Waals surface area contributed by atoms with Crippen LogP contribution in [0.15, 0.2) is 12.4 Å². The monoisotopic (exact) mass is 211 g/mol. The second kappa shape index (κ2) is 4.60. The summed E-state index contributed by atoms with van der Waals surface area (Å²) in [7, 11) is 0. The van der Waals surface area contributed by atoms with Crippen molar-refractivity contribution in [2.24, 2.45) is 0 Å². The topological polar surface area (TPSA) is 37.8 Å². The van der Waals surface area contributed by atoms with E-state index in [1.54, 1.807) is 12.4 Å². The number of anilines is 1. The van der Waals surface area contributed by atoms with Gasteiger partial charge in [-0.3, -0.25) is 0 Å². The molecule has 14 heavy (non-hydrogen) atoms. The summed E-state index contributed by atoms with van der Waals surface area (Å²) in [4.78, 5) is 8.15. The minimum atomic E-state index is 0.444. The molecule has 2 rings (SSSR count). The van der Waals surface area contributed by atoms with E-state index in [0.29, 0.717) is 11.2 Å². The molecule has 3 nitrogen and oxygen atoms in total. The van der Waals surface area contributed by atoms with Gasteiger partial charge in [0.1, 0.15) is 11.0 Å². The van der Waals surface area contributed by atoms with Crippen molar-refractivity contribution in [2.45, 2.75) is 38.1 Å². The maximum atomic E-state index is 5.65. The first-order valence-corrected chi connectivity index (χ1v) is 5.46. The van der Waals surface area contributed by atoms with Crippen molar-refractivity contribution in [1.82, 2.24) is 9.97 Å². The molecule has 0 saturated heterocycles. The Hall–Kier alpha value is -0.830. The molecule has 76 valence electrons. The summed E-state index contributed by atoms with van der Waals surface area (Å²) in [6, 6.07) is 0.569. The van der Waals surface area contributed by atoms with Gasteiger partial charge in [-0.2, -0.15) is 0 Å². The molecule has 4 heteroatoms. The SMILES string of the molecule is Clc1cnc(NC2CCCCC2)cn1. The van der Waals surface area contributed by atoms with Gasteiger partial charge in [0.25, 0.3) is 0 Å². The van der Waals surface area contributed by atoms with E-state index in [1.165, 1.54) is 32.1 Å². The highest BCUT2D eigenvalue weighted by atomic mass is 35.5. The van der Waals surface area contributed by atoms with E-state index >= 15 is 0 Å². The molecule has 0 spiro atoms.